The van der Waals surface area contributed by atoms with Crippen molar-refractivity contribution < 1.29 is 14.2 Å². The quantitative estimate of drug-likeness (QED) is 0.447. The molecule has 2 aromatic rings. The summed E-state index contributed by atoms with van der Waals surface area (Å²) in [4.78, 5) is 10.3. The van der Waals surface area contributed by atoms with Crippen molar-refractivity contribution in [3.63, 3.8) is 0 Å². The predicted octanol–water partition coefficient (Wildman–Crippen LogP) is 3.32. The largest absolute Gasteiger partial charge is 0.497 e. The Bertz CT molecular complexity index is 801. The third-order valence-electron chi connectivity index (χ3n) is 4.27. The molecule has 2 rings (SSSR count). The third-order valence-corrected chi connectivity index (χ3v) is 4.27. The molecular weight excluding hydrogens is 356 g/mol. The van der Waals surface area contributed by atoms with Gasteiger partial charge in [0.05, 0.1) is 19.3 Å². The highest BCUT2D eigenvalue weighted by Crippen LogP contribution is 2.42. The molecular formula is C21H30N4O3. The number of hydrogen-bond donors (Lipinski definition) is 1. The normalized spacial score (nSPS) is 12.0. The van der Waals surface area contributed by atoms with Gasteiger partial charge in [-0.2, -0.15) is 0 Å². The Balaban J connectivity index is 2.68. The van der Waals surface area contributed by atoms with E-state index in [1.165, 1.54) is 0 Å². The number of hydrogen-bond acceptors (Lipinski definition) is 5. The zero-order chi connectivity index (χ0) is 20.7. The van der Waals surface area contributed by atoms with Gasteiger partial charge in [0.25, 0.3) is 0 Å². The molecule has 0 amide bonds. The lowest BCUT2D eigenvalue weighted by atomic mass is 9.85. The fraction of sp³-hybridized carbons (Fsp3) is 0.429. The molecule has 0 bridgehead atoms. The van der Waals surface area contributed by atoms with Gasteiger partial charge in [0.2, 0.25) is 0 Å². The van der Waals surface area contributed by atoms with Crippen molar-refractivity contribution in [3.8, 4) is 11.5 Å². The van der Waals surface area contributed by atoms with E-state index in [1.54, 1.807) is 33.7 Å². The average molecular weight is 386 g/mol. The van der Waals surface area contributed by atoms with Crippen LogP contribution in [0.25, 0.3) is 0 Å². The molecule has 0 spiro atoms. The molecule has 1 heterocycles. The van der Waals surface area contributed by atoms with Gasteiger partial charge in [0.1, 0.15) is 11.5 Å². The van der Waals surface area contributed by atoms with Crippen molar-refractivity contribution in [1.29, 1.82) is 0 Å². The van der Waals surface area contributed by atoms with Crippen LogP contribution in [0.3, 0.4) is 0 Å². The first-order valence-electron chi connectivity index (χ1n) is 9.04. The molecule has 152 valence electrons. The molecule has 7 heteroatoms. The number of aromatic nitrogens is 1. The lowest BCUT2D eigenvalue weighted by molar-refractivity contribution is 0.0501. The maximum Gasteiger partial charge on any atom is 0.195 e. The minimum absolute atomic E-state index is 0.117. The average Bonchev–Trinajstić information content (AvgIpc) is 2.69. The zero-order valence-electron chi connectivity index (χ0n) is 17.5. The van der Waals surface area contributed by atoms with Crippen molar-refractivity contribution in [2.75, 3.05) is 33.0 Å². The number of nitrogens with zero attached hydrogens (tertiary/aromatic N) is 3. The Morgan fingerprint density at radius 3 is 2.54 bits per heavy atom. The van der Waals surface area contributed by atoms with Crippen LogP contribution in [-0.4, -0.2) is 39.0 Å². The molecule has 0 atom stereocenters. The van der Waals surface area contributed by atoms with Crippen LogP contribution >= 0.6 is 0 Å². The molecule has 1 aromatic carbocycles. The Labute approximate surface area is 167 Å². The van der Waals surface area contributed by atoms with E-state index < -0.39 is 0 Å². The van der Waals surface area contributed by atoms with Crippen LogP contribution in [0.4, 0.5) is 5.69 Å². The topological polar surface area (TPSA) is 82.2 Å². The standard InChI is InChI=1S/C21H30N4O3/c1-21(2,3)17-10-16(27-6)11-18(19(17)28-14-26-5)25(20(22)23-4)13-15-8-7-9-24-12-15/h7-12H,13-14H2,1-6H3,(H2,22,23). The lowest BCUT2D eigenvalue weighted by Crippen LogP contribution is -2.37. The summed E-state index contributed by atoms with van der Waals surface area (Å²) >= 11 is 0. The minimum Gasteiger partial charge on any atom is -0.497 e. The molecule has 0 aliphatic rings. The Morgan fingerprint density at radius 1 is 1.25 bits per heavy atom. The van der Waals surface area contributed by atoms with E-state index in [9.17, 15) is 0 Å². The Morgan fingerprint density at radius 2 is 2.00 bits per heavy atom. The SMILES string of the molecule is CN=C(N)N(Cc1cccnc1)c1cc(OC)cc(C(C)(C)C)c1OCOC. The second-order valence-electron chi connectivity index (χ2n) is 7.35. The van der Waals surface area contributed by atoms with Crippen molar-refractivity contribution in [2.45, 2.75) is 32.7 Å². The molecule has 0 radical (unpaired) electrons. The molecule has 0 saturated carbocycles. The summed E-state index contributed by atoms with van der Waals surface area (Å²) in [6.45, 7) is 6.96. The molecule has 2 N–H and O–H groups in total. The summed E-state index contributed by atoms with van der Waals surface area (Å²) in [5, 5.41) is 0. The van der Waals surface area contributed by atoms with E-state index >= 15 is 0 Å². The van der Waals surface area contributed by atoms with Crippen LogP contribution in [0.5, 0.6) is 11.5 Å². The highest BCUT2D eigenvalue weighted by atomic mass is 16.7. The number of pyridine rings is 1. The Kier molecular flexibility index (Phi) is 7.23. The fourth-order valence-electron chi connectivity index (χ4n) is 2.82. The molecule has 0 unspecified atom stereocenters. The number of ether oxygens (including phenoxy) is 3. The first-order valence-corrected chi connectivity index (χ1v) is 9.04. The van der Waals surface area contributed by atoms with Crippen molar-refractivity contribution in [3.05, 3.63) is 47.8 Å². The van der Waals surface area contributed by atoms with Crippen LogP contribution in [0.15, 0.2) is 41.7 Å². The number of methoxy groups -OCH3 is 2. The van der Waals surface area contributed by atoms with Gasteiger partial charge in [-0.3, -0.25) is 9.98 Å². The van der Waals surface area contributed by atoms with Gasteiger partial charge in [-0.05, 0) is 23.1 Å². The second kappa shape index (κ2) is 9.41. The first kappa shape index (κ1) is 21.5. The Hall–Kier alpha value is -2.80. The summed E-state index contributed by atoms with van der Waals surface area (Å²) in [5.41, 5.74) is 8.82. The highest BCUT2D eigenvalue weighted by Gasteiger charge is 2.27. The van der Waals surface area contributed by atoms with Crippen molar-refractivity contribution in [2.24, 2.45) is 10.7 Å². The first-order chi connectivity index (χ1) is 13.3. The number of nitrogens with two attached hydrogens (primary N) is 1. The molecule has 0 fully saturated rings. The van der Waals surface area contributed by atoms with Crippen LogP contribution in [-0.2, 0) is 16.7 Å². The van der Waals surface area contributed by atoms with Crippen LogP contribution < -0.4 is 20.1 Å². The van der Waals surface area contributed by atoms with Gasteiger partial charge in [0.15, 0.2) is 12.8 Å². The summed E-state index contributed by atoms with van der Waals surface area (Å²) < 4.78 is 16.7. The van der Waals surface area contributed by atoms with E-state index in [1.807, 2.05) is 29.2 Å². The van der Waals surface area contributed by atoms with Gasteiger partial charge in [-0.15, -0.1) is 0 Å². The highest BCUT2D eigenvalue weighted by molar-refractivity contribution is 5.96. The van der Waals surface area contributed by atoms with Gasteiger partial charge in [-0.1, -0.05) is 26.8 Å². The van der Waals surface area contributed by atoms with Gasteiger partial charge < -0.3 is 24.8 Å². The summed E-state index contributed by atoms with van der Waals surface area (Å²) in [5.74, 6) is 1.76. The number of guanidine groups is 1. The lowest BCUT2D eigenvalue weighted by Gasteiger charge is -2.30. The van der Waals surface area contributed by atoms with E-state index in [0.29, 0.717) is 24.0 Å². The molecule has 1 aromatic heterocycles. The van der Waals surface area contributed by atoms with Gasteiger partial charge >= 0.3 is 0 Å². The predicted molar refractivity (Wildman–Crippen MR) is 112 cm³/mol. The van der Waals surface area contributed by atoms with E-state index in [2.05, 4.69) is 30.7 Å². The summed E-state index contributed by atoms with van der Waals surface area (Å²) in [6.07, 6.45) is 3.54. The smallest absolute Gasteiger partial charge is 0.195 e. The molecule has 0 aliphatic carbocycles. The van der Waals surface area contributed by atoms with E-state index in [4.69, 9.17) is 19.9 Å². The van der Waals surface area contributed by atoms with Gasteiger partial charge in [0, 0.05) is 38.2 Å². The fourth-order valence-corrected chi connectivity index (χ4v) is 2.82. The second-order valence-corrected chi connectivity index (χ2v) is 7.35. The van der Waals surface area contributed by atoms with Gasteiger partial charge in [-0.25, -0.2) is 0 Å². The number of aliphatic imine (C=N–C) groups is 1. The van der Waals surface area contributed by atoms with Crippen LogP contribution in [0, 0.1) is 0 Å². The maximum atomic E-state index is 6.27. The molecule has 0 saturated heterocycles. The van der Waals surface area contributed by atoms with Crippen LogP contribution in [0.1, 0.15) is 31.9 Å². The zero-order valence-corrected chi connectivity index (χ0v) is 17.5. The van der Waals surface area contributed by atoms with Crippen LogP contribution in [0.2, 0.25) is 0 Å². The maximum absolute atomic E-state index is 6.27. The molecule has 0 aliphatic heterocycles. The van der Waals surface area contributed by atoms with E-state index in [-0.39, 0.29) is 12.2 Å². The summed E-state index contributed by atoms with van der Waals surface area (Å²) in [6, 6.07) is 7.76. The minimum atomic E-state index is -0.190. The number of anilines is 1. The summed E-state index contributed by atoms with van der Waals surface area (Å²) in [7, 11) is 4.89. The van der Waals surface area contributed by atoms with Crippen molar-refractivity contribution in [1.82, 2.24) is 4.98 Å². The number of benzene rings is 1. The van der Waals surface area contributed by atoms with Crippen molar-refractivity contribution >= 4 is 11.6 Å². The third kappa shape index (κ3) is 5.13. The molecule has 28 heavy (non-hydrogen) atoms. The monoisotopic (exact) mass is 386 g/mol. The number of rotatable bonds is 7. The van der Waals surface area contributed by atoms with E-state index in [0.717, 1.165) is 16.8 Å². The molecule has 7 nitrogen and oxygen atoms in total.